The van der Waals surface area contributed by atoms with Crippen molar-refractivity contribution in [1.29, 1.82) is 0 Å². The number of nitrogens with zero attached hydrogens (tertiary/aromatic N) is 1. The summed E-state index contributed by atoms with van der Waals surface area (Å²) in [6, 6.07) is 31.6. The number of aliphatic hydroxyl groups is 1. The fourth-order valence-electron chi connectivity index (χ4n) is 4.51. The van der Waals surface area contributed by atoms with Crippen LogP contribution in [-0.2, 0) is 0 Å². The van der Waals surface area contributed by atoms with Crippen LogP contribution in [0.25, 0.3) is 38.6 Å². The number of benzene rings is 4. The molecule has 0 saturated carbocycles. The molecule has 1 heterocycles. The standard InChI is InChI=1S/C25H17NO/c27-25-21-10-2-1-7-17(21)18-14-13-16(15-22(18)25)26-23-11-5-3-8-19(23)20-9-4-6-12-24(20)26/h1-15,25,27H. The zero-order valence-electron chi connectivity index (χ0n) is 14.6. The van der Waals surface area contributed by atoms with Crippen LogP contribution in [-0.4, -0.2) is 9.67 Å². The molecule has 0 spiro atoms. The van der Waals surface area contributed by atoms with E-state index in [0.29, 0.717) is 0 Å². The topological polar surface area (TPSA) is 25.2 Å². The lowest BCUT2D eigenvalue weighted by Crippen LogP contribution is -1.98. The zero-order chi connectivity index (χ0) is 18.0. The number of para-hydroxylation sites is 2. The van der Waals surface area contributed by atoms with E-state index >= 15 is 0 Å². The fourth-order valence-corrected chi connectivity index (χ4v) is 4.51. The fraction of sp³-hybridized carbons (Fsp3) is 0.0400. The van der Waals surface area contributed by atoms with Gasteiger partial charge in [0.15, 0.2) is 0 Å². The lowest BCUT2D eigenvalue weighted by molar-refractivity contribution is 0.225. The van der Waals surface area contributed by atoms with Crippen molar-refractivity contribution in [1.82, 2.24) is 4.57 Å². The van der Waals surface area contributed by atoms with Crippen LogP contribution in [0.5, 0.6) is 0 Å². The number of rotatable bonds is 1. The van der Waals surface area contributed by atoms with Crippen molar-refractivity contribution < 1.29 is 5.11 Å². The van der Waals surface area contributed by atoms with Crippen molar-refractivity contribution in [3.05, 3.63) is 102 Å². The number of aromatic nitrogens is 1. The molecule has 0 bridgehead atoms. The first-order valence-electron chi connectivity index (χ1n) is 9.23. The molecule has 6 rings (SSSR count). The lowest BCUT2D eigenvalue weighted by Gasteiger charge is -2.11. The highest BCUT2D eigenvalue weighted by atomic mass is 16.3. The quantitative estimate of drug-likeness (QED) is 0.404. The molecule has 2 nitrogen and oxygen atoms in total. The van der Waals surface area contributed by atoms with Crippen LogP contribution in [0, 0.1) is 0 Å². The summed E-state index contributed by atoms with van der Waals surface area (Å²) in [5, 5.41) is 13.4. The van der Waals surface area contributed by atoms with Crippen molar-refractivity contribution in [2.24, 2.45) is 0 Å². The Morgan fingerprint density at radius 3 is 1.93 bits per heavy atom. The van der Waals surface area contributed by atoms with Crippen LogP contribution in [0.4, 0.5) is 0 Å². The molecule has 27 heavy (non-hydrogen) atoms. The molecule has 0 saturated heterocycles. The summed E-state index contributed by atoms with van der Waals surface area (Å²) in [6.07, 6.45) is -0.566. The van der Waals surface area contributed by atoms with E-state index in [1.165, 1.54) is 21.8 Å². The van der Waals surface area contributed by atoms with E-state index < -0.39 is 6.10 Å². The Hall–Kier alpha value is -3.36. The van der Waals surface area contributed by atoms with E-state index in [0.717, 1.165) is 27.9 Å². The van der Waals surface area contributed by atoms with Crippen LogP contribution >= 0.6 is 0 Å². The third-order valence-electron chi connectivity index (χ3n) is 5.71. The highest BCUT2D eigenvalue weighted by Crippen LogP contribution is 2.44. The molecule has 1 unspecified atom stereocenters. The molecule has 128 valence electrons. The molecule has 1 aliphatic carbocycles. The van der Waals surface area contributed by atoms with Crippen LogP contribution in [0.1, 0.15) is 17.2 Å². The molecule has 1 atom stereocenters. The average molecular weight is 347 g/mol. The van der Waals surface area contributed by atoms with Gasteiger partial charge in [-0.3, -0.25) is 0 Å². The zero-order valence-corrected chi connectivity index (χ0v) is 14.6. The summed E-state index contributed by atoms with van der Waals surface area (Å²) < 4.78 is 2.29. The maximum Gasteiger partial charge on any atom is 0.105 e. The Morgan fingerprint density at radius 1 is 0.593 bits per heavy atom. The maximum absolute atomic E-state index is 10.9. The van der Waals surface area contributed by atoms with Gasteiger partial charge < -0.3 is 9.67 Å². The molecular formula is C25H17NO. The molecule has 1 aromatic heterocycles. The second kappa shape index (κ2) is 5.32. The predicted octanol–water partition coefficient (Wildman–Crippen LogP) is 5.85. The van der Waals surface area contributed by atoms with Gasteiger partial charge in [-0.2, -0.15) is 0 Å². The molecule has 5 aromatic rings. The lowest BCUT2D eigenvalue weighted by atomic mass is 10.1. The molecule has 2 heteroatoms. The number of aliphatic hydroxyl groups excluding tert-OH is 1. The minimum atomic E-state index is -0.566. The summed E-state index contributed by atoms with van der Waals surface area (Å²) in [6.45, 7) is 0. The first-order valence-corrected chi connectivity index (χ1v) is 9.23. The monoisotopic (exact) mass is 347 g/mol. The van der Waals surface area contributed by atoms with Gasteiger partial charge in [-0.1, -0.05) is 66.7 Å². The largest absolute Gasteiger partial charge is 0.384 e. The van der Waals surface area contributed by atoms with Crippen molar-refractivity contribution in [2.75, 3.05) is 0 Å². The summed E-state index contributed by atoms with van der Waals surface area (Å²) >= 11 is 0. The third-order valence-corrected chi connectivity index (χ3v) is 5.71. The molecule has 0 aliphatic heterocycles. The Balaban J connectivity index is 1.66. The Labute approximate surface area is 156 Å². The van der Waals surface area contributed by atoms with E-state index in [9.17, 15) is 5.11 Å². The van der Waals surface area contributed by atoms with Gasteiger partial charge in [-0.25, -0.2) is 0 Å². The molecule has 1 N–H and O–H groups in total. The Bertz CT molecular complexity index is 1290. The molecular weight excluding hydrogens is 330 g/mol. The van der Waals surface area contributed by atoms with E-state index in [1.807, 2.05) is 18.2 Å². The van der Waals surface area contributed by atoms with Gasteiger partial charge in [0.05, 0.1) is 11.0 Å². The van der Waals surface area contributed by atoms with Gasteiger partial charge in [0.25, 0.3) is 0 Å². The van der Waals surface area contributed by atoms with Crippen LogP contribution in [0.15, 0.2) is 91.0 Å². The molecule has 0 fully saturated rings. The Kier molecular flexibility index (Phi) is 2.91. The van der Waals surface area contributed by atoms with Gasteiger partial charge in [0.1, 0.15) is 6.10 Å². The molecule has 4 aromatic carbocycles. The average Bonchev–Trinajstić information content (AvgIpc) is 3.21. The van der Waals surface area contributed by atoms with Gasteiger partial charge in [-0.15, -0.1) is 0 Å². The second-order valence-corrected chi connectivity index (χ2v) is 7.13. The van der Waals surface area contributed by atoms with E-state index in [4.69, 9.17) is 0 Å². The molecule has 0 amide bonds. The van der Waals surface area contributed by atoms with Crippen molar-refractivity contribution >= 4 is 21.8 Å². The van der Waals surface area contributed by atoms with Crippen molar-refractivity contribution in [2.45, 2.75) is 6.10 Å². The van der Waals surface area contributed by atoms with Gasteiger partial charge in [0.2, 0.25) is 0 Å². The number of hydrogen-bond donors (Lipinski definition) is 1. The van der Waals surface area contributed by atoms with Gasteiger partial charge in [-0.05, 0) is 46.5 Å². The SMILES string of the molecule is OC1c2ccccc2-c2ccc(-n3c4ccccc4c4ccccc43)cc21. The highest BCUT2D eigenvalue weighted by molar-refractivity contribution is 6.09. The van der Waals surface area contributed by atoms with Crippen molar-refractivity contribution in [3.63, 3.8) is 0 Å². The molecule has 1 aliphatic rings. The van der Waals surface area contributed by atoms with E-state index in [1.54, 1.807) is 0 Å². The second-order valence-electron chi connectivity index (χ2n) is 7.13. The normalized spacial score (nSPS) is 15.2. The molecule has 0 radical (unpaired) electrons. The van der Waals surface area contributed by atoms with Gasteiger partial charge in [0, 0.05) is 16.5 Å². The minimum absolute atomic E-state index is 0.566. The predicted molar refractivity (Wildman–Crippen MR) is 110 cm³/mol. The van der Waals surface area contributed by atoms with E-state index in [-0.39, 0.29) is 0 Å². The smallest absolute Gasteiger partial charge is 0.105 e. The maximum atomic E-state index is 10.9. The van der Waals surface area contributed by atoms with Crippen LogP contribution in [0.2, 0.25) is 0 Å². The van der Waals surface area contributed by atoms with Crippen LogP contribution < -0.4 is 0 Å². The highest BCUT2D eigenvalue weighted by Gasteiger charge is 2.27. The van der Waals surface area contributed by atoms with Gasteiger partial charge >= 0.3 is 0 Å². The minimum Gasteiger partial charge on any atom is -0.384 e. The van der Waals surface area contributed by atoms with Crippen molar-refractivity contribution in [3.8, 4) is 16.8 Å². The first-order chi connectivity index (χ1) is 13.3. The Morgan fingerprint density at radius 2 is 1.19 bits per heavy atom. The number of hydrogen-bond acceptors (Lipinski definition) is 1. The summed E-state index contributed by atoms with van der Waals surface area (Å²) in [7, 11) is 0. The number of fused-ring (bicyclic) bond motifs is 6. The summed E-state index contributed by atoms with van der Waals surface area (Å²) in [5.41, 5.74) is 7.68. The van der Waals surface area contributed by atoms with Crippen LogP contribution in [0.3, 0.4) is 0 Å². The summed E-state index contributed by atoms with van der Waals surface area (Å²) in [4.78, 5) is 0. The van der Waals surface area contributed by atoms with E-state index in [2.05, 4.69) is 77.4 Å². The summed E-state index contributed by atoms with van der Waals surface area (Å²) in [5.74, 6) is 0. The third kappa shape index (κ3) is 1.93. The first kappa shape index (κ1) is 14.8.